The van der Waals surface area contributed by atoms with Crippen LogP contribution in [0, 0.1) is 5.92 Å². The minimum absolute atomic E-state index is 0.256. The number of methoxy groups -OCH3 is 1. The SMILES string of the molecule is CCOc1ccc(C(=O)C2C(=O)C(=O)N(CCN(C)C)C2c2cccc(OC)c2)cc1Cl. The molecule has 2 aromatic carbocycles. The number of ketones is 2. The molecule has 32 heavy (non-hydrogen) atoms. The second-order valence-corrected chi connectivity index (χ2v) is 8.21. The van der Waals surface area contributed by atoms with E-state index in [0.717, 1.165) is 0 Å². The van der Waals surface area contributed by atoms with Gasteiger partial charge in [-0.1, -0.05) is 23.7 Å². The monoisotopic (exact) mass is 458 g/mol. The first-order valence-corrected chi connectivity index (χ1v) is 10.8. The molecule has 0 aliphatic carbocycles. The zero-order valence-electron chi connectivity index (χ0n) is 18.6. The van der Waals surface area contributed by atoms with Crippen LogP contribution in [0.15, 0.2) is 42.5 Å². The van der Waals surface area contributed by atoms with E-state index in [4.69, 9.17) is 21.1 Å². The lowest BCUT2D eigenvalue weighted by Crippen LogP contribution is -2.36. The average molecular weight is 459 g/mol. The van der Waals surface area contributed by atoms with Gasteiger partial charge < -0.3 is 19.3 Å². The summed E-state index contributed by atoms with van der Waals surface area (Å²) >= 11 is 6.27. The van der Waals surface area contributed by atoms with Gasteiger partial charge in [0, 0.05) is 18.7 Å². The van der Waals surface area contributed by atoms with Crippen molar-refractivity contribution in [3.05, 3.63) is 58.6 Å². The van der Waals surface area contributed by atoms with Gasteiger partial charge in [-0.2, -0.15) is 0 Å². The Morgan fingerprint density at radius 3 is 2.53 bits per heavy atom. The first kappa shape index (κ1) is 23.8. The van der Waals surface area contributed by atoms with Crippen LogP contribution < -0.4 is 9.47 Å². The molecule has 0 radical (unpaired) electrons. The minimum Gasteiger partial charge on any atom is -0.497 e. The Balaban J connectivity index is 2.04. The van der Waals surface area contributed by atoms with Crippen molar-refractivity contribution >= 4 is 29.1 Å². The molecule has 1 heterocycles. The number of hydrogen-bond donors (Lipinski definition) is 0. The van der Waals surface area contributed by atoms with Crippen molar-refractivity contribution < 1.29 is 23.9 Å². The first-order chi connectivity index (χ1) is 15.3. The maximum absolute atomic E-state index is 13.5. The van der Waals surface area contributed by atoms with E-state index in [9.17, 15) is 14.4 Å². The summed E-state index contributed by atoms with van der Waals surface area (Å²) in [5.41, 5.74) is 0.921. The van der Waals surface area contributed by atoms with Crippen molar-refractivity contribution in [1.82, 2.24) is 9.80 Å². The zero-order valence-corrected chi connectivity index (χ0v) is 19.4. The molecule has 2 unspecified atom stereocenters. The Labute approximate surface area is 192 Å². The van der Waals surface area contributed by atoms with Crippen LogP contribution in [0.1, 0.15) is 28.9 Å². The summed E-state index contributed by atoms with van der Waals surface area (Å²) in [6.07, 6.45) is 0. The largest absolute Gasteiger partial charge is 0.497 e. The molecule has 2 atom stereocenters. The van der Waals surface area contributed by atoms with E-state index in [1.807, 2.05) is 25.9 Å². The zero-order chi connectivity index (χ0) is 23.4. The molecule has 170 valence electrons. The van der Waals surface area contributed by atoms with E-state index < -0.39 is 29.4 Å². The van der Waals surface area contributed by atoms with Gasteiger partial charge in [-0.05, 0) is 56.9 Å². The number of ether oxygens (including phenoxy) is 2. The van der Waals surface area contributed by atoms with Gasteiger partial charge >= 0.3 is 0 Å². The maximum Gasteiger partial charge on any atom is 0.291 e. The molecule has 1 aliphatic rings. The van der Waals surface area contributed by atoms with Gasteiger partial charge in [0.15, 0.2) is 5.78 Å². The first-order valence-electron chi connectivity index (χ1n) is 10.4. The topological polar surface area (TPSA) is 76.2 Å². The van der Waals surface area contributed by atoms with Crippen LogP contribution in [0.2, 0.25) is 5.02 Å². The molecule has 3 rings (SSSR count). The van der Waals surface area contributed by atoms with Crippen LogP contribution in [0.3, 0.4) is 0 Å². The summed E-state index contributed by atoms with van der Waals surface area (Å²) in [7, 11) is 5.30. The fraction of sp³-hybridized carbons (Fsp3) is 0.375. The number of carbonyl (C=O) groups is 3. The van der Waals surface area contributed by atoms with Crippen LogP contribution in [-0.2, 0) is 9.59 Å². The van der Waals surface area contributed by atoms with Gasteiger partial charge in [0.1, 0.15) is 17.4 Å². The number of hydrogen-bond acceptors (Lipinski definition) is 6. The number of Topliss-reactive ketones (excluding diaryl/α,β-unsaturated/α-hetero) is 2. The normalized spacial score (nSPS) is 18.4. The van der Waals surface area contributed by atoms with Crippen LogP contribution in [0.25, 0.3) is 0 Å². The maximum atomic E-state index is 13.5. The lowest BCUT2D eigenvalue weighted by molar-refractivity contribution is -0.140. The van der Waals surface area contributed by atoms with Crippen LogP contribution in [-0.4, -0.2) is 68.2 Å². The van der Waals surface area contributed by atoms with Crippen LogP contribution >= 0.6 is 11.6 Å². The van der Waals surface area contributed by atoms with E-state index in [1.54, 1.807) is 43.5 Å². The number of amides is 1. The number of carbonyl (C=O) groups excluding carboxylic acids is 3. The molecular weight excluding hydrogens is 432 g/mol. The lowest BCUT2D eigenvalue weighted by atomic mass is 9.86. The lowest BCUT2D eigenvalue weighted by Gasteiger charge is -2.28. The molecule has 8 heteroatoms. The minimum atomic E-state index is -1.18. The third kappa shape index (κ3) is 4.79. The van der Waals surface area contributed by atoms with Crippen molar-refractivity contribution in [2.24, 2.45) is 5.92 Å². The van der Waals surface area contributed by atoms with Gasteiger partial charge in [-0.15, -0.1) is 0 Å². The fourth-order valence-corrected chi connectivity index (χ4v) is 4.07. The number of benzene rings is 2. The fourth-order valence-electron chi connectivity index (χ4n) is 3.84. The summed E-state index contributed by atoms with van der Waals surface area (Å²) in [6.45, 7) is 3.13. The summed E-state index contributed by atoms with van der Waals surface area (Å²) in [5, 5.41) is 0.275. The van der Waals surface area contributed by atoms with Gasteiger partial charge in [-0.25, -0.2) is 0 Å². The quantitative estimate of drug-likeness (QED) is 0.326. The van der Waals surface area contributed by atoms with E-state index in [0.29, 0.717) is 36.8 Å². The van der Waals surface area contributed by atoms with Gasteiger partial charge in [0.05, 0.1) is 24.8 Å². The van der Waals surface area contributed by atoms with E-state index in [-0.39, 0.29) is 10.6 Å². The molecule has 1 aliphatic heterocycles. The van der Waals surface area contributed by atoms with Crippen LogP contribution in [0.4, 0.5) is 0 Å². The molecule has 7 nitrogen and oxygen atoms in total. The average Bonchev–Trinajstić information content (AvgIpc) is 3.03. The van der Waals surface area contributed by atoms with Gasteiger partial charge in [0.25, 0.3) is 5.91 Å². The van der Waals surface area contributed by atoms with Crippen molar-refractivity contribution in [2.45, 2.75) is 13.0 Å². The number of likely N-dealkylation sites (tertiary alicyclic amines) is 1. The van der Waals surface area contributed by atoms with Crippen molar-refractivity contribution in [3.63, 3.8) is 0 Å². The Morgan fingerprint density at radius 2 is 1.91 bits per heavy atom. The Bertz CT molecular complexity index is 1020. The highest BCUT2D eigenvalue weighted by molar-refractivity contribution is 6.44. The molecule has 1 amide bonds. The molecule has 2 aromatic rings. The highest BCUT2D eigenvalue weighted by Gasteiger charge is 2.51. The molecule has 0 N–H and O–H groups in total. The van der Waals surface area contributed by atoms with Crippen LogP contribution in [0.5, 0.6) is 11.5 Å². The third-order valence-electron chi connectivity index (χ3n) is 5.43. The predicted octanol–water partition coefficient (Wildman–Crippen LogP) is 3.26. The summed E-state index contributed by atoms with van der Waals surface area (Å²) in [6, 6.07) is 11.0. The number of halogens is 1. The molecule has 1 fully saturated rings. The number of likely N-dealkylation sites (N-methyl/N-ethyl adjacent to an activating group) is 1. The molecule has 1 saturated heterocycles. The number of nitrogens with zero attached hydrogens (tertiary/aromatic N) is 2. The number of rotatable bonds is 9. The Morgan fingerprint density at radius 1 is 1.16 bits per heavy atom. The molecule has 0 spiro atoms. The summed E-state index contributed by atoms with van der Waals surface area (Å²) in [5.74, 6) is -1.96. The molecule has 0 saturated carbocycles. The highest BCUT2D eigenvalue weighted by atomic mass is 35.5. The van der Waals surface area contributed by atoms with Crippen molar-refractivity contribution in [1.29, 1.82) is 0 Å². The second kappa shape index (κ2) is 10.1. The van der Waals surface area contributed by atoms with Gasteiger partial charge in [0.2, 0.25) is 5.78 Å². The predicted molar refractivity (Wildman–Crippen MR) is 121 cm³/mol. The highest BCUT2D eigenvalue weighted by Crippen LogP contribution is 2.39. The third-order valence-corrected chi connectivity index (χ3v) is 5.72. The Kier molecular flexibility index (Phi) is 7.53. The molecule has 0 aromatic heterocycles. The Hall–Kier alpha value is -2.90. The summed E-state index contributed by atoms with van der Waals surface area (Å²) in [4.78, 5) is 42.9. The van der Waals surface area contributed by atoms with E-state index in [2.05, 4.69) is 0 Å². The summed E-state index contributed by atoms with van der Waals surface area (Å²) < 4.78 is 10.8. The molecule has 0 bridgehead atoms. The standard InChI is InChI=1S/C24H27ClN2O5/c1-5-32-19-10-9-16(14-18(19)25)22(28)20-21(15-7-6-8-17(13-15)31-4)27(12-11-26(2)3)24(30)23(20)29/h6-10,13-14,20-21H,5,11-12H2,1-4H3. The smallest absolute Gasteiger partial charge is 0.291 e. The second-order valence-electron chi connectivity index (χ2n) is 7.81. The van der Waals surface area contributed by atoms with Crippen molar-refractivity contribution in [3.8, 4) is 11.5 Å². The van der Waals surface area contributed by atoms with Gasteiger partial charge in [-0.3, -0.25) is 14.4 Å². The van der Waals surface area contributed by atoms with E-state index >= 15 is 0 Å². The van der Waals surface area contributed by atoms with E-state index in [1.165, 1.54) is 11.0 Å². The van der Waals surface area contributed by atoms with Crippen molar-refractivity contribution in [2.75, 3.05) is 40.9 Å². The molecular formula is C24H27ClN2O5.